The van der Waals surface area contributed by atoms with E-state index in [1.54, 1.807) is 36.4 Å². The molecule has 0 radical (unpaired) electrons. The molecule has 2 aromatic carbocycles. The van der Waals surface area contributed by atoms with Gasteiger partial charge < -0.3 is 19.7 Å². The zero-order chi connectivity index (χ0) is 20.9. The van der Waals surface area contributed by atoms with E-state index in [9.17, 15) is 22.8 Å². The third-order valence-corrected chi connectivity index (χ3v) is 4.16. The molecule has 0 unspecified atom stereocenters. The van der Waals surface area contributed by atoms with Crippen LogP contribution in [0.3, 0.4) is 0 Å². The second kappa shape index (κ2) is 8.85. The lowest BCUT2D eigenvalue weighted by Gasteiger charge is -2.29. The number of anilines is 1. The number of ether oxygens (including phenoxy) is 2. The third kappa shape index (κ3) is 5.87. The minimum absolute atomic E-state index is 0.0737. The molecule has 6 nitrogen and oxygen atoms in total. The van der Waals surface area contributed by atoms with Gasteiger partial charge in [-0.2, -0.15) is 13.2 Å². The summed E-state index contributed by atoms with van der Waals surface area (Å²) in [4.78, 5) is 25.8. The Morgan fingerprint density at radius 3 is 2.76 bits per heavy atom. The Morgan fingerprint density at radius 1 is 1.17 bits per heavy atom. The first kappa shape index (κ1) is 20.5. The minimum Gasteiger partial charge on any atom is -0.484 e. The van der Waals surface area contributed by atoms with Gasteiger partial charge in [-0.25, -0.2) is 0 Å². The third-order valence-electron chi connectivity index (χ3n) is 4.16. The zero-order valence-corrected chi connectivity index (χ0v) is 15.4. The number of halogens is 3. The van der Waals surface area contributed by atoms with Crippen LogP contribution in [-0.4, -0.2) is 37.7 Å². The molecule has 1 heterocycles. The SMILES string of the molecule is O=C(CCN1C(=O)COc2ccccc21)NCc1cccc(OCC(F)(F)F)c1. The molecule has 2 aromatic rings. The van der Waals surface area contributed by atoms with Crippen LogP contribution >= 0.6 is 0 Å². The summed E-state index contributed by atoms with van der Waals surface area (Å²) in [6.07, 6.45) is -4.34. The van der Waals surface area contributed by atoms with E-state index in [1.165, 1.54) is 17.0 Å². The van der Waals surface area contributed by atoms with E-state index >= 15 is 0 Å². The van der Waals surface area contributed by atoms with Crippen LogP contribution in [-0.2, 0) is 16.1 Å². The topological polar surface area (TPSA) is 67.9 Å². The number of nitrogens with zero attached hydrogens (tertiary/aromatic N) is 1. The van der Waals surface area contributed by atoms with Gasteiger partial charge >= 0.3 is 6.18 Å². The highest BCUT2D eigenvalue weighted by molar-refractivity contribution is 5.98. The second-order valence-corrected chi connectivity index (χ2v) is 6.38. The number of nitrogens with one attached hydrogen (secondary N) is 1. The van der Waals surface area contributed by atoms with E-state index in [1.807, 2.05) is 0 Å². The Labute approximate surface area is 165 Å². The van der Waals surface area contributed by atoms with Crippen molar-refractivity contribution in [3.8, 4) is 11.5 Å². The number of rotatable bonds is 7. The average molecular weight is 408 g/mol. The van der Waals surface area contributed by atoms with Gasteiger partial charge in [-0.1, -0.05) is 24.3 Å². The molecule has 0 bridgehead atoms. The van der Waals surface area contributed by atoms with Gasteiger partial charge in [-0.3, -0.25) is 9.59 Å². The monoisotopic (exact) mass is 408 g/mol. The van der Waals surface area contributed by atoms with E-state index in [-0.39, 0.29) is 43.7 Å². The van der Waals surface area contributed by atoms with Crippen LogP contribution in [0.5, 0.6) is 11.5 Å². The van der Waals surface area contributed by atoms with E-state index in [2.05, 4.69) is 5.32 Å². The van der Waals surface area contributed by atoms with Gasteiger partial charge in [0.2, 0.25) is 5.91 Å². The van der Waals surface area contributed by atoms with Crippen LogP contribution in [0.1, 0.15) is 12.0 Å². The van der Waals surface area contributed by atoms with Crippen molar-refractivity contribution in [3.63, 3.8) is 0 Å². The number of fused-ring (bicyclic) bond motifs is 1. The number of para-hydroxylation sites is 2. The number of carbonyl (C=O) groups is 2. The highest BCUT2D eigenvalue weighted by atomic mass is 19.4. The molecular formula is C20H19F3N2O4. The number of amides is 2. The van der Waals surface area contributed by atoms with E-state index in [0.29, 0.717) is 17.0 Å². The van der Waals surface area contributed by atoms with Crippen LogP contribution in [0.15, 0.2) is 48.5 Å². The average Bonchev–Trinajstić information content (AvgIpc) is 2.70. The fraction of sp³-hybridized carbons (Fsp3) is 0.300. The smallest absolute Gasteiger partial charge is 0.422 e. The summed E-state index contributed by atoms with van der Waals surface area (Å²) in [5, 5.41) is 2.69. The van der Waals surface area contributed by atoms with Crippen molar-refractivity contribution < 1.29 is 32.2 Å². The Hall–Kier alpha value is -3.23. The lowest BCUT2D eigenvalue weighted by Crippen LogP contribution is -2.41. The number of alkyl halides is 3. The molecule has 1 N–H and O–H groups in total. The van der Waals surface area contributed by atoms with Crippen LogP contribution < -0.4 is 19.7 Å². The molecule has 0 saturated carbocycles. The molecule has 0 aromatic heterocycles. The van der Waals surface area contributed by atoms with Crippen LogP contribution in [0.4, 0.5) is 18.9 Å². The van der Waals surface area contributed by atoms with Gasteiger partial charge in [-0.15, -0.1) is 0 Å². The Kier molecular flexibility index (Phi) is 6.26. The largest absolute Gasteiger partial charge is 0.484 e. The first-order valence-corrected chi connectivity index (χ1v) is 8.89. The highest BCUT2D eigenvalue weighted by Crippen LogP contribution is 2.31. The molecule has 2 amide bonds. The van der Waals surface area contributed by atoms with Crippen LogP contribution in [0, 0.1) is 0 Å². The van der Waals surface area contributed by atoms with Gasteiger partial charge in [0.15, 0.2) is 13.2 Å². The number of hydrogen-bond donors (Lipinski definition) is 1. The number of hydrogen-bond acceptors (Lipinski definition) is 4. The molecular weight excluding hydrogens is 389 g/mol. The molecule has 0 atom stereocenters. The first-order chi connectivity index (χ1) is 13.8. The maximum atomic E-state index is 12.2. The maximum Gasteiger partial charge on any atom is 0.422 e. The van der Waals surface area contributed by atoms with Crippen molar-refractivity contribution in [3.05, 3.63) is 54.1 Å². The van der Waals surface area contributed by atoms with Crippen LogP contribution in [0.2, 0.25) is 0 Å². The summed E-state index contributed by atoms with van der Waals surface area (Å²) in [6.45, 7) is -1.13. The Bertz CT molecular complexity index is 886. The first-order valence-electron chi connectivity index (χ1n) is 8.89. The quantitative estimate of drug-likeness (QED) is 0.765. The van der Waals surface area contributed by atoms with Gasteiger partial charge in [-0.05, 0) is 29.8 Å². The summed E-state index contributed by atoms with van der Waals surface area (Å²) in [5.41, 5.74) is 1.22. The normalized spacial score (nSPS) is 13.5. The van der Waals surface area contributed by atoms with Gasteiger partial charge in [0, 0.05) is 19.5 Å². The Balaban J connectivity index is 1.50. The lowest BCUT2D eigenvalue weighted by molar-refractivity contribution is -0.153. The fourth-order valence-corrected chi connectivity index (χ4v) is 2.81. The van der Waals surface area contributed by atoms with Crippen molar-refractivity contribution in [2.45, 2.75) is 19.1 Å². The summed E-state index contributed by atoms with van der Waals surface area (Å²) in [7, 11) is 0. The molecule has 0 aliphatic carbocycles. The standard InChI is InChI=1S/C20H19F3N2O4/c21-20(22,23)13-29-15-5-3-4-14(10-15)11-24-18(26)8-9-25-16-6-1-2-7-17(16)28-12-19(25)27/h1-7,10H,8-9,11-13H2,(H,24,26). The molecule has 0 fully saturated rings. The summed E-state index contributed by atoms with van der Waals surface area (Å²) >= 11 is 0. The van der Waals surface area contributed by atoms with Gasteiger partial charge in [0.05, 0.1) is 5.69 Å². The summed E-state index contributed by atoms with van der Waals surface area (Å²) in [5.74, 6) is 0.141. The van der Waals surface area contributed by atoms with Crippen molar-refractivity contribution >= 4 is 17.5 Å². The molecule has 3 rings (SSSR count). The molecule has 1 aliphatic heterocycles. The molecule has 154 valence electrons. The maximum absolute atomic E-state index is 12.2. The van der Waals surface area contributed by atoms with E-state index < -0.39 is 12.8 Å². The second-order valence-electron chi connectivity index (χ2n) is 6.38. The number of benzene rings is 2. The zero-order valence-electron chi connectivity index (χ0n) is 15.4. The van der Waals surface area contributed by atoms with E-state index in [0.717, 1.165) is 0 Å². The summed E-state index contributed by atoms with van der Waals surface area (Å²) < 4.78 is 46.8. The van der Waals surface area contributed by atoms with Crippen molar-refractivity contribution in [2.75, 3.05) is 24.7 Å². The van der Waals surface area contributed by atoms with Crippen molar-refractivity contribution in [1.29, 1.82) is 0 Å². The number of carbonyl (C=O) groups excluding carboxylic acids is 2. The molecule has 0 spiro atoms. The van der Waals surface area contributed by atoms with Crippen molar-refractivity contribution in [2.24, 2.45) is 0 Å². The molecule has 29 heavy (non-hydrogen) atoms. The summed E-state index contributed by atoms with van der Waals surface area (Å²) in [6, 6.07) is 13.2. The predicted octanol–water partition coefficient (Wildman–Crippen LogP) is 3.06. The Morgan fingerprint density at radius 2 is 1.97 bits per heavy atom. The predicted molar refractivity (Wildman–Crippen MR) is 98.7 cm³/mol. The van der Waals surface area contributed by atoms with Crippen molar-refractivity contribution in [1.82, 2.24) is 5.32 Å². The highest BCUT2D eigenvalue weighted by Gasteiger charge is 2.28. The minimum atomic E-state index is -4.42. The fourth-order valence-electron chi connectivity index (χ4n) is 2.81. The van der Waals surface area contributed by atoms with Gasteiger partial charge in [0.25, 0.3) is 5.91 Å². The van der Waals surface area contributed by atoms with Gasteiger partial charge in [0.1, 0.15) is 11.5 Å². The molecule has 9 heteroatoms. The molecule has 1 aliphatic rings. The van der Waals surface area contributed by atoms with Crippen LogP contribution in [0.25, 0.3) is 0 Å². The lowest BCUT2D eigenvalue weighted by atomic mass is 10.2. The van der Waals surface area contributed by atoms with E-state index in [4.69, 9.17) is 9.47 Å². The molecule has 0 saturated heterocycles.